The Bertz CT molecular complexity index is 547. The number of nitrogens with two attached hydrogens (primary N) is 1. The van der Waals surface area contributed by atoms with Gasteiger partial charge in [-0.3, -0.25) is 14.6 Å². The molecule has 0 spiro atoms. The van der Waals surface area contributed by atoms with Crippen LogP contribution in [-0.4, -0.2) is 16.7 Å². The maximum Gasteiger partial charge on any atom is 0.248 e. The van der Waals surface area contributed by atoms with Crippen LogP contribution in [0.25, 0.3) is 0 Å². The van der Waals surface area contributed by atoms with Crippen molar-refractivity contribution < 1.29 is 9.59 Å². The highest BCUT2D eigenvalue weighted by Crippen LogP contribution is 2.10. The number of carbonyl (C=O) groups is 2. The predicted octanol–water partition coefficient (Wildman–Crippen LogP) is 1.41. The number of nitrogens with zero attached hydrogens (tertiary/aromatic N) is 1. The first-order valence-corrected chi connectivity index (χ1v) is 5.03. The number of benzene rings is 1. The van der Waals surface area contributed by atoms with Gasteiger partial charge in [0.1, 0.15) is 0 Å². The van der Waals surface area contributed by atoms with Crippen molar-refractivity contribution in [3.63, 3.8) is 0 Å². The molecule has 0 aliphatic rings. The lowest BCUT2D eigenvalue weighted by atomic mass is 10.0. The van der Waals surface area contributed by atoms with Crippen molar-refractivity contribution in [1.82, 2.24) is 4.98 Å². The monoisotopic (exact) mass is 226 g/mol. The lowest BCUT2D eigenvalue weighted by molar-refractivity contribution is 0.0997. The quantitative estimate of drug-likeness (QED) is 0.804. The van der Waals surface area contributed by atoms with Gasteiger partial charge in [-0.05, 0) is 24.3 Å². The zero-order valence-electron chi connectivity index (χ0n) is 8.96. The number of carbonyl (C=O) groups excluding carboxylic acids is 2. The largest absolute Gasteiger partial charge is 0.366 e. The van der Waals surface area contributed by atoms with E-state index in [1.165, 1.54) is 12.1 Å². The summed E-state index contributed by atoms with van der Waals surface area (Å²) in [6.07, 6.45) is 3.12. The summed E-state index contributed by atoms with van der Waals surface area (Å²) in [6, 6.07) is 9.54. The zero-order chi connectivity index (χ0) is 12.3. The van der Waals surface area contributed by atoms with Crippen LogP contribution in [-0.2, 0) is 0 Å². The maximum absolute atomic E-state index is 12.0. The normalized spacial score (nSPS) is 9.88. The van der Waals surface area contributed by atoms with Gasteiger partial charge in [-0.15, -0.1) is 0 Å². The van der Waals surface area contributed by atoms with E-state index in [0.29, 0.717) is 16.7 Å². The summed E-state index contributed by atoms with van der Waals surface area (Å²) in [4.78, 5) is 26.7. The Morgan fingerprint density at radius 3 is 1.82 bits per heavy atom. The predicted molar refractivity (Wildman–Crippen MR) is 62.6 cm³/mol. The summed E-state index contributed by atoms with van der Waals surface area (Å²) in [5.41, 5.74) is 6.58. The highest BCUT2D eigenvalue weighted by Gasteiger charge is 2.09. The van der Waals surface area contributed by atoms with Gasteiger partial charge >= 0.3 is 0 Å². The van der Waals surface area contributed by atoms with Gasteiger partial charge in [0.25, 0.3) is 0 Å². The highest BCUT2D eigenvalue weighted by molar-refractivity contribution is 6.09. The van der Waals surface area contributed by atoms with Gasteiger partial charge in [-0.25, -0.2) is 0 Å². The molecule has 0 unspecified atom stereocenters. The number of pyridine rings is 1. The average molecular weight is 226 g/mol. The summed E-state index contributed by atoms with van der Waals surface area (Å²) in [6.45, 7) is 0. The van der Waals surface area contributed by atoms with Crippen molar-refractivity contribution in [3.05, 3.63) is 65.5 Å². The third-order valence-corrected chi connectivity index (χ3v) is 2.37. The average Bonchev–Trinajstić information content (AvgIpc) is 2.39. The molecule has 17 heavy (non-hydrogen) atoms. The van der Waals surface area contributed by atoms with Gasteiger partial charge < -0.3 is 5.73 Å². The van der Waals surface area contributed by atoms with Crippen LogP contribution in [0.5, 0.6) is 0 Å². The van der Waals surface area contributed by atoms with Crippen molar-refractivity contribution in [1.29, 1.82) is 0 Å². The fraction of sp³-hybridized carbons (Fsp3) is 0. The molecule has 2 N–H and O–H groups in total. The molecule has 1 heterocycles. The minimum absolute atomic E-state index is 0.108. The zero-order valence-corrected chi connectivity index (χ0v) is 8.96. The van der Waals surface area contributed by atoms with E-state index in [-0.39, 0.29) is 5.78 Å². The Morgan fingerprint density at radius 2 is 1.29 bits per heavy atom. The van der Waals surface area contributed by atoms with Crippen molar-refractivity contribution in [2.24, 2.45) is 5.73 Å². The second-order valence-corrected chi connectivity index (χ2v) is 3.51. The molecule has 0 saturated carbocycles. The molecule has 0 saturated heterocycles. The van der Waals surface area contributed by atoms with E-state index in [0.717, 1.165) is 0 Å². The van der Waals surface area contributed by atoms with Gasteiger partial charge in [0, 0.05) is 29.1 Å². The number of hydrogen-bond acceptors (Lipinski definition) is 3. The van der Waals surface area contributed by atoms with Crippen LogP contribution in [0.2, 0.25) is 0 Å². The molecule has 0 fully saturated rings. The number of ketones is 1. The summed E-state index contributed by atoms with van der Waals surface area (Å²) >= 11 is 0. The summed E-state index contributed by atoms with van der Waals surface area (Å²) in [7, 11) is 0. The number of rotatable bonds is 3. The lowest BCUT2D eigenvalue weighted by Gasteiger charge is -2.01. The van der Waals surface area contributed by atoms with Crippen LogP contribution in [0.4, 0.5) is 0 Å². The van der Waals surface area contributed by atoms with Gasteiger partial charge in [-0.2, -0.15) is 0 Å². The van der Waals surface area contributed by atoms with E-state index in [4.69, 9.17) is 5.73 Å². The first-order chi connectivity index (χ1) is 8.18. The van der Waals surface area contributed by atoms with E-state index in [1.54, 1.807) is 36.7 Å². The molecule has 0 aliphatic heterocycles. The molecular formula is C13H10N2O2. The molecule has 84 valence electrons. The van der Waals surface area contributed by atoms with E-state index >= 15 is 0 Å². The summed E-state index contributed by atoms with van der Waals surface area (Å²) in [5, 5.41) is 0. The van der Waals surface area contributed by atoms with Crippen molar-refractivity contribution in [2.45, 2.75) is 0 Å². The Balaban J connectivity index is 2.30. The molecular weight excluding hydrogens is 216 g/mol. The topological polar surface area (TPSA) is 73.1 Å². The second kappa shape index (κ2) is 4.57. The van der Waals surface area contributed by atoms with E-state index in [1.807, 2.05) is 0 Å². The molecule has 1 aromatic heterocycles. The maximum atomic E-state index is 12.0. The smallest absolute Gasteiger partial charge is 0.248 e. The fourth-order valence-electron chi connectivity index (χ4n) is 1.46. The summed E-state index contributed by atoms with van der Waals surface area (Å²) in [5.74, 6) is -0.615. The first-order valence-electron chi connectivity index (χ1n) is 5.03. The molecule has 4 heteroatoms. The highest BCUT2D eigenvalue weighted by atomic mass is 16.1. The van der Waals surface area contributed by atoms with Crippen LogP contribution in [0.1, 0.15) is 26.3 Å². The Kier molecular flexibility index (Phi) is 2.96. The van der Waals surface area contributed by atoms with Gasteiger partial charge in [-0.1, -0.05) is 12.1 Å². The number of aromatic nitrogens is 1. The SMILES string of the molecule is NC(=O)c1ccc(C(=O)c2ccncc2)cc1. The van der Waals surface area contributed by atoms with Crippen LogP contribution >= 0.6 is 0 Å². The number of hydrogen-bond donors (Lipinski definition) is 1. The Labute approximate surface area is 98.1 Å². The molecule has 2 aromatic rings. The molecule has 4 nitrogen and oxygen atoms in total. The molecule has 1 amide bonds. The van der Waals surface area contributed by atoms with Crippen molar-refractivity contribution in [3.8, 4) is 0 Å². The van der Waals surface area contributed by atoms with Crippen LogP contribution in [0.3, 0.4) is 0 Å². The van der Waals surface area contributed by atoms with Gasteiger partial charge in [0.2, 0.25) is 5.91 Å². The van der Waals surface area contributed by atoms with Crippen molar-refractivity contribution in [2.75, 3.05) is 0 Å². The molecule has 2 rings (SSSR count). The van der Waals surface area contributed by atoms with Crippen LogP contribution in [0, 0.1) is 0 Å². The van der Waals surface area contributed by atoms with Crippen LogP contribution in [0.15, 0.2) is 48.8 Å². The minimum atomic E-state index is -0.507. The fourth-order valence-corrected chi connectivity index (χ4v) is 1.46. The molecule has 0 atom stereocenters. The molecule has 0 aliphatic carbocycles. The van der Waals surface area contributed by atoms with Gasteiger partial charge in [0.15, 0.2) is 5.78 Å². The Hall–Kier alpha value is -2.49. The van der Waals surface area contributed by atoms with Gasteiger partial charge in [0.05, 0.1) is 0 Å². The van der Waals surface area contributed by atoms with Crippen LogP contribution < -0.4 is 5.73 Å². The summed E-state index contributed by atoms with van der Waals surface area (Å²) < 4.78 is 0. The van der Waals surface area contributed by atoms with E-state index in [2.05, 4.69) is 4.98 Å². The minimum Gasteiger partial charge on any atom is -0.366 e. The standard InChI is InChI=1S/C13H10N2O2/c14-13(17)11-3-1-9(2-4-11)12(16)10-5-7-15-8-6-10/h1-8H,(H2,14,17). The number of primary amides is 1. The third-order valence-electron chi connectivity index (χ3n) is 2.37. The van der Waals surface area contributed by atoms with E-state index in [9.17, 15) is 9.59 Å². The molecule has 0 radical (unpaired) electrons. The third kappa shape index (κ3) is 2.36. The second-order valence-electron chi connectivity index (χ2n) is 3.51. The Morgan fingerprint density at radius 1 is 0.824 bits per heavy atom. The first kappa shape index (κ1) is 11.0. The lowest BCUT2D eigenvalue weighted by Crippen LogP contribution is -2.11. The molecule has 1 aromatic carbocycles. The molecule has 0 bridgehead atoms. The number of amides is 1. The van der Waals surface area contributed by atoms with Crippen molar-refractivity contribution >= 4 is 11.7 Å². The van der Waals surface area contributed by atoms with E-state index < -0.39 is 5.91 Å².